The second-order valence-electron chi connectivity index (χ2n) is 5.23. The summed E-state index contributed by atoms with van der Waals surface area (Å²) in [5.41, 5.74) is 0. The molecule has 1 aromatic heterocycles. The lowest BCUT2D eigenvalue weighted by Gasteiger charge is -2.33. The smallest absolute Gasteiger partial charge is 0.324 e. The molecule has 3 heterocycles. The van der Waals surface area contributed by atoms with Crippen molar-refractivity contribution in [2.75, 3.05) is 39.3 Å². The number of nitrogens with one attached hydrogen (secondary N) is 1. The largest absolute Gasteiger partial charge is 0.374 e. The van der Waals surface area contributed by atoms with Gasteiger partial charge in [-0.1, -0.05) is 0 Å². The minimum Gasteiger partial charge on any atom is -0.374 e. The Labute approximate surface area is 122 Å². The number of rotatable bonds is 5. The van der Waals surface area contributed by atoms with Gasteiger partial charge in [-0.2, -0.15) is 5.10 Å². The molecule has 2 saturated heterocycles. The predicted octanol–water partition coefficient (Wildman–Crippen LogP) is -0.864. The van der Waals surface area contributed by atoms with Crippen LogP contribution in [0, 0.1) is 0 Å². The molecule has 0 aromatic carbocycles. The van der Waals surface area contributed by atoms with Crippen LogP contribution >= 0.6 is 0 Å². The molecule has 0 bridgehead atoms. The number of imide groups is 1. The van der Waals surface area contributed by atoms with E-state index in [1.165, 1.54) is 4.90 Å². The molecule has 21 heavy (non-hydrogen) atoms. The van der Waals surface area contributed by atoms with E-state index >= 15 is 0 Å². The molecule has 0 aliphatic carbocycles. The Morgan fingerprint density at radius 1 is 1.38 bits per heavy atom. The number of amides is 3. The minimum atomic E-state index is -0.290. The first-order valence-electron chi connectivity index (χ1n) is 7.12. The van der Waals surface area contributed by atoms with Crippen LogP contribution in [-0.2, 0) is 16.1 Å². The first-order valence-corrected chi connectivity index (χ1v) is 7.12. The fourth-order valence-electron chi connectivity index (χ4n) is 2.63. The lowest BCUT2D eigenvalue weighted by Crippen LogP contribution is -2.47. The highest BCUT2D eigenvalue weighted by atomic mass is 16.5. The predicted molar refractivity (Wildman–Crippen MR) is 73.5 cm³/mol. The van der Waals surface area contributed by atoms with Gasteiger partial charge in [0, 0.05) is 38.6 Å². The van der Waals surface area contributed by atoms with E-state index in [2.05, 4.69) is 15.3 Å². The van der Waals surface area contributed by atoms with Gasteiger partial charge in [0.05, 0.1) is 25.8 Å². The number of aromatic nitrogens is 2. The van der Waals surface area contributed by atoms with Crippen LogP contribution in [0.3, 0.4) is 0 Å². The van der Waals surface area contributed by atoms with Crippen molar-refractivity contribution in [1.82, 2.24) is 24.9 Å². The van der Waals surface area contributed by atoms with Crippen molar-refractivity contribution in [3.05, 3.63) is 18.5 Å². The van der Waals surface area contributed by atoms with Crippen LogP contribution in [0.25, 0.3) is 0 Å². The maximum absolute atomic E-state index is 11.5. The molecule has 0 spiro atoms. The third kappa shape index (κ3) is 3.40. The van der Waals surface area contributed by atoms with Gasteiger partial charge in [0.15, 0.2) is 0 Å². The zero-order valence-electron chi connectivity index (χ0n) is 11.8. The second-order valence-corrected chi connectivity index (χ2v) is 5.23. The van der Waals surface area contributed by atoms with E-state index in [0.29, 0.717) is 26.2 Å². The number of carbonyl (C=O) groups excluding carboxylic acids is 2. The molecule has 1 N–H and O–H groups in total. The summed E-state index contributed by atoms with van der Waals surface area (Å²) in [5.74, 6) is -0.152. The molecule has 1 unspecified atom stereocenters. The van der Waals surface area contributed by atoms with Crippen molar-refractivity contribution in [2.24, 2.45) is 0 Å². The molecule has 8 nitrogen and oxygen atoms in total. The normalized spacial score (nSPS) is 23.6. The molecule has 3 amide bonds. The fourth-order valence-corrected chi connectivity index (χ4v) is 2.63. The standard InChI is InChI=1S/C13H19N5O3/c19-12-8-14-13(20)18(12)5-4-16-6-7-21-11(9-16)10-17-3-1-2-15-17/h1-3,11H,4-10H2,(H,14,20). The zero-order chi connectivity index (χ0) is 14.7. The van der Waals surface area contributed by atoms with E-state index < -0.39 is 0 Å². The Morgan fingerprint density at radius 3 is 3.00 bits per heavy atom. The van der Waals surface area contributed by atoms with E-state index in [1.807, 2.05) is 16.9 Å². The molecule has 0 radical (unpaired) electrons. The lowest BCUT2D eigenvalue weighted by atomic mass is 10.2. The zero-order valence-corrected chi connectivity index (χ0v) is 11.8. The van der Waals surface area contributed by atoms with Gasteiger partial charge in [-0.15, -0.1) is 0 Å². The van der Waals surface area contributed by atoms with Crippen molar-refractivity contribution in [1.29, 1.82) is 0 Å². The Balaban J connectivity index is 1.47. The van der Waals surface area contributed by atoms with Crippen LogP contribution in [0.15, 0.2) is 18.5 Å². The minimum absolute atomic E-state index is 0.0850. The van der Waals surface area contributed by atoms with Crippen LogP contribution in [0.2, 0.25) is 0 Å². The third-order valence-corrected chi connectivity index (χ3v) is 3.75. The molecule has 8 heteroatoms. The van der Waals surface area contributed by atoms with Crippen LogP contribution in [-0.4, -0.2) is 77.0 Å². The molecule has 114 valence electrons. The monoisotopic (exact) mass is 293 g/mol. The number of morpholine rings is 1. The van der Waals surface area contributed by atoms with E-state index in [4.69, 9.17) is 4.74 Å². The topological polar surface area (TPSA) is 79.7 Å². The Hall–Kier alpha value is -1.93. The Kier molecular flexibility index (Phi) is 4.16. The molecule has 0 saturated carbocycles. The van der Waals surface area contributed by atoms with E-state index in [-0.39, 0.29) is 24.6 Å². The van der Waals surface area contributed by atoms with E-state index in [0.717, 1.165) is 13.1 Å². The molecular weight excluding hydrogens is 274 g/mol. The summed E-state index contributed by atoms with van der Waals surface area (Å²) in [5, 5.41) is 6.70. The average molecular weight is 293 g/mol. The van der Waals surface area contributed by atoms with Crippen LogP contribution in [0.5, 0.6) is 0 Å². The van der Waals surface area contributed by atoms with Gasteiger partial charge in [-0.05, 0) is 6.07 Å². The third-order valence-electron chi connectivity index (χ3n) is 3.75. The van der Waals surface area contributed by atoms with Crippen LogP contribution in [0.4, 0.5) is 4.79 Å². The highest BCUT2D eigenvalue weighted by Gasteiger charge is 2.29. The highest BCUT2D eigenvalue weighted by molar-refractivity contribution is 6.01. The van der Waals surface area contributed by atoms with Crippen molar-refractivity contribution < 1.29 is 14.3 Å². The maximum atomic E-state index is 11.5. The average Bonchev–Trinajstić information content (AvgIpc) is 3.09. The number of carbonyl (C=O) groups is 2. The van der Waals surface area contributed by atoms with Crippen molar-refractivity contribution >= 4 is 11.9 Å². The molecule has 1 atom stereocenters. The molecule has 2 aliphatic heterocycles. The quantitative estimate of drug-likeness (QED) is 0.714. The summed E-state index contributed by atoms with van der Waals surface area (Å²) in [6, 6.07) is 1.60. The number of hydrogen-bond acceptors (Lipinski definition) is 5. The van der Waals surface area contributed by atoms with Gasteiger partial charge in [-0.25, -0.2) is 4.79 Å². The van der Waals surface area contributed by atoms with Gasteiger partial charge in [-0.3, -0.25) is 19.3 Å². The second kappa shape index (κ2) is 6.23. The van der Waals surface area contributed by atoms with Gasteiger partial charge >= 0.3 is 6.03 Å². The maximum Gasteiger partial charge on any atom is 0.324 e. The SMILES string of the molecule is O=C1CNC(=O)N1CCN1CCOC(Cn2cccn2)C1. The van der Waals surface area contributed by atoms with Crippen LogP contribution in [0.1, 0.15) is 0 Å². The molecular formula is C13H19N5O3. The fraction of sp³-hybridized carbons (Fsp3) is 0.615. The number of ether oxygens (including phenoxy) is 1. The Bertz CT molecular complexity index is 488. The Morgan fingerprint density at radius 2 is 2.29 bits per heavy atom. The summed E-state index contributed by atoms with van der Waals surface area (Å²) < 4.78 is 7.59. The molecule has 2 aliphatic rings. The van der Waals surface area contributed by atoms with Crippen molar-refractivity contribution in [3.8, 4) is 0 Å². The van der Waals surface area contributed by atoms with Gasteiger partial charge in [0.1, 0.15) is 0 Å². The van der Waals surface area contributed by atoms with Crippen molar-refractivity contribution in [3.63, 3.8) is 0 Å². The number of nitrogens with zero attached hydrogens (tertiary/aromatic N) is 4. The lowest BCUT2D eigenvalue weighted by molar-refractivity contribution is -0.125. The highest BCUT2D eigenvalue weighted by Crippen LogP contribution is 2.08. The summed E-state index contributed by atoms with van der Waals surface area (Å²) in [6.45, 7) is 4.20. The molecule has 1 aromatic rings. The van der Waals surface area contributed by atoms with E-state index in [9.17, 15) is 9.59 Å². The first kappa shape index (κ1) is 14.0. The van der Waals surface area contributed by atoms with Gasteiger partial charge < -0.3 is 10.1 Å². The molecule has 3 rings (SSSR count). The van der Waals surface area contributed by atoms with Crippen molar-refractivity contribution in [2.45, 2.75) is 12.6 Å². The van der Waals surface area contributed by atoms with Gasteiger partial charge in [0.2, 0.25) is 5.91 Å². The van der Waals surface area contributed by atoms with Gasteiger partial charge in [0.25, 0.3) is 0 Å². The summed E-state index contributed by atoms with van der Waals surface area (Å²) in [6.07, 6.45) is 3.75. The summed E-state index contributed by atoms with van der Waals surface area (Å²) in [7, 11) is 0. The van der Waals surface area contributed by atoms with Crippen LogP contribution < -0.4 is 5.32 Å². The summed E-state index contributed by atoms with van der Waals surface area (Å²) in [4.78, 5) is 26.5. The summed E-state index contributed by atoms with van der Waals surface area (Å²) >= 11 is 0. The first-order chi connectivity index (χ1) is 10.2. The number of hydrogen-bond donors (Lipinski definition) is 1. The van der Waals surface area contributed by atoms with E-state index in [1.54, 1.807) is 6.20 Å². The number of urea groups is 1. The molecule has 2 fully saturated rings.